The lowest BCUT2D eigenvalue weighted by molar-refractivity contribution is -0.106. The van der Waals surface area contributed by atoms with Gasteiger partial charge in [0.05, 0.1) is 6.10 Å². The predicted molar refractivity (Wildman–Crippen MR) is 126 cm³/mol. The Morgan fingerprint density at radius 3 is 2.63 bits per heavy atom. The zero-order valence-corrected chi connectivity index (χ0v) is 19.5. The van der Waals surface area contributed by atoms with Crippen molar-refractivity contribution >= 4 is 6.29 Å². The number of aliphatic hydroxyl groups excluding tert-OH is 1. The van der Waals surface area contributed by atoms with Gasteiger partial charge in [0.15, 0.2) is 0 Å². The van der Waals surface area contributed by atoms with E-state index >= 15 is 0 Å². The normalized spacial score (nSPS) is 33.8. The fourth-order valence-electron chi connectivity index (χ4n) is 6.14. The molecule has 0 aliphatic heterocycles. The average molecular weight is 419 g/mol. The van der Waals surface area contributed by atoms with E-state index in [0.29, 0.717) is 11.7 Å². The molecule has 3 aliphatic carbocycles. The van der Waals surface area contributed by atoms with E-state index in [-0.39, 0.29) is 12.6 Å². The van der Waals surface area contributed by atoms with E-state index < -0.39 is 0 Å². The van der Waals surface area contributed by atoms with Crippen LogP contribution in [0.2, 0.25) is 0 Å². The summed E-state index contributed by atoms with van der Waals surface area (Å²) in [5.74, 6) is 1.76. The van der Waals surface area contributed by atoms with Gasteiger partial charge in [-0.15, -0.1) is 0 Å². The second-order valence-electron chi connectivity index (χ2n) is 9.86. The predicted octanol–water partition coefficient (Wildman–Crippen LogP) is 4.91. The summed E-state index contributed by atoms with van der Waals surface area (Å²) >= 11 is 0. The number of nitrogens with one attached hydrogen (secondary N) is 1. The highest BCUT2D eigenvalue weighted by atomic mass is 16.3. The quantitative estimate of drug-likeness (QED) is 0.386. The van der Waals surface area contributed by atoms with E-state index in [2.05, 4.69) is 37.2 Å². The van der Waals surface area contributed by atoms with Crippen molar-refractivity contribution in [3.05, 3.63) is 23.3 Å². The van der Waals surface area contributed by atoms with Crippen molar-refractivity contribution in [2.24, 2.45) is 23.0 Å². The molecule has 0 spiro atoms. The number of carbonyl (C=O) groups excluding carboxylic acids is 1. The molecular weight excluding hydrogens is 372 g/mol. The summed E-state index contributed by atoms with van der Waals surface area (Å²) in [6.45, 7) is 3.91. The Balaban J connectivity index is 0.000000735. The summed E-state index contributed by atoms with van der Waals surface area (Å²) in [5, 5.41) is 13.2. The van der Waals surface area contributed by atoms with Crippen LogP contribution in [0, 0.1) is 17.3 Å². The van der Waals surface area contributed by atoms with Gasteiger partial charge in [0.2, 0.25) is 0 Å². The third-order valence-corrected chi connectivity index (χ3v) is 7.80. The maximum atomic E-state index is 9.91. The monoisotopic (exact) mass is 418 g/mol. The molecule has 4 atom stereocenters. The lowest BCUT2D eigenvalue weighted by Crippen LogP contribution is -2.33. The highest BCUT2D eigenvalue weighted by Gasteiger charge is 2.48. The smallest absolute Gasteiger partial charge is 0.133 e. The molecule has 4 heteroatoms. The highest BCUT2D eigenvalue weighted by Crippen LogP contribution is 2.58. The first-order valence-corrected chi connectivity index (χ1v) is 12.4. The molecule has 0 aromatic carbocycles. The number of unbranched alkanes of at least 4 members (excludes halogenated alkanes) is 2. The number of fused-ring (bicyclic) bond motifs is 1. The van der Waals surface area contributed by atoms with Gasteiger partial charge in [-0.25, -0.2) is 0 Å². The second kappa shape index (κ2) is 13.4. The first kappa shape index (κ1) is 25.3. The molecule has 4 unspecified atom stereocenters. The molecule has 3 saturated carbocycles. The Kier molecular flexibility index (Phi) is 11.3. The van der Waals surface area contributed by atoms with Gasteiger partial charge in [-0.2, -0.15) is 0 Å². The van der Waals surface area contributed by atoms with E-state index in [4.69, 9.17) is 4.79 Å². The largest absolute Gasteiger partial charge is 0.393 e. The van der Waals surface area contributed by atoms with Crippen LogP contribution in [0.25, 0.3) is 0 Å². The number of allylic oxidation sites excluding steroid dienone is 3. The van der Waals surface area contributed by atoms with E-state index in [1.807, 2.05) is 0 Å². The second-order valence-corrected chi connectivity index (χ2v) is 9.86. The van der Waals surface area contributed by atoms with Crippen molar-refractivity contribution < 1.29 is 9.90 Å². The highest BCUT2D eigenvalue weighted by molar-refractivity contribution is 5.51. The van der Waals surface area contributed by atoms with Gasteiger partial charge in [-0.3, -0.25) is 0 Å². The van der Waals surface area contributed by atoms with Gasteiger partial charge in [0.25, 0.3) is 0 Å². The van der Waals surface area contributed by atoms with Crippen molar-refractivity contribution in [2.45, 2.75) is 96.5 Å². The van der Waals surface area contributed by atoms with Crippen molar-refractivity contribution in [3.8, 4) is 0 Å². The Hall–Kier alpha value is -0.970. The fourth-order valence-corrected chi connectivity index (χ4v) is 6.14. The van der Waals surface area contributed by atoms with Crippen molar-refractivity contribution in [3.63, 3.8) is 0 Å². The maximum absolute atomic E-state index is 9.91. The van der Waals surface area contributed by atoms with Crippen molar-refractivity contribution in [2.75, 3.05) is 20.1 Å². The third kappa shape index (κ3) is 7.32. The van der Waals surface area contributed by atoms with E-state index in [1.165, 1.54) is 76.3 Å². The Morgan fingerprint density at radius 2 is 1.93 bits per heavy atom. The minimum absolute atomic E-state index is 0.0937. The topological polar surface area (TPSA) is 75.3 Å². The van der Waals surface area contributed by atoms with Crippen LogP contribution in [0.1, 0.15) is 90.4 Å². The molecule has 4 nitrogen and oxygen atoms in total. The molecule has 172 valence electrons. The van der Waals surface area contributed by atoms with Crippen LogP contribution in [0.4, 0.5) is 0 Å². The minimum atomic E-state index is -0.0937. The molecule has 0 amide bonds. The minimum Gasteiger partial charge on any atom is -0.393 e. The molecule has 0 saturated heterocycles. The Morgan fingerprint density at radius 1 is 1.13 bits per heavy atom. The number of hydrogen-bond acceptors (Lipinski definition) is 4. The molecule has 0 aromatic heterocycles. The number of nitrogens with two attached hydrogens (primary N) is 1. The summed E-state index contributed by atoms with van der Waals surface area (Å²) in [6.07, 6.45) is 22.2. The van der Waals surface area contributed by atoms with Crippen LogP contribution in [-0.2, 0) is 4.79 Å². The fraction of sp³-hybridized carbons (Fsp3) is 0.808. The Labute approximate surface area is 184 Å². The van der Waals surface area contributed by atoms with E-state index in [9.17, 15) is 5.11 Å². The summed E-state index contributed by atoms with van der Waals surface area (Å²) < 4.78 is 0. The molecular formula is C26H46N2O2. The SMILES string of the molecule is CNCCCCCC1CCC2/C(=C/C=C3/CCCC(O)C3)CCCC12C.NCC=O. The third-order valence-electron chi connectivity index (χ3n) is 7.80. The number of rotatable bonds is 8. The summed E-state index contributed by atoms with van der Waals surface area (Å²) in [7, 11) is 2.06. The summed E-state index contributed by atoms with van der Waals surface area (Å²) in [4.78, 5) is 9.05. The molecule has 3 fully saturated rings. The van der Waals surface area contributed by atoms with Gasteiger partial charge in [-0.1, -0.05) is 43.1 Å². The molecule has 0 aromatic rings. The van der Waals surface area contributed by atoms with Crippen LogP contribution in [0.5, 0.6) is 0 Å². The van der Waals surface area contributed by atoms with Gasteiger partial charge in [-0.05, 0) is 101 Å². The van der Waals surface area contributed by atoms with Crippen molar-refractivity contribution in [1.29, 1.82) is 0 Å². The van der Waals surface area contributed by atoms with E-state index in [0.717, 1.165) is 31.1 Å². The summed E-state index contributed by atoms with van der Waals surface area (Å²) in [6, 6.07) is 0. The molecule has 0 radical (unpaired) electrons. The average Bonchev–Trinajstić information content (AvgIpc) is 3.09. The number of hydrogen-bond donors (Lipinski definition) is 3. The van der Waals surface area contributed by atoms with Crippen molar-refractivity contribution in [1.82, 2.24) is 5.32 Å². The number of aliphatic hydroxyl groups is 1. The van der Waals surface area contributed by atoms with Gasteiger partial charge in [0, 0.05) is 6.54 Å². The van der Waals surface area contributed by atoms with Gasteiger partial charge < -0.3 is 21.0 Å². The standard InChI is InChI=1S/C24H41NO.C2H5NO/c1-24-16-7-9-20(13-12-19-8-6-11-22(26)18-19)23(24)15-14-21(24)10-4-3-5-17-25-2;3-1-2-4/h12-13,21-23,25-26H,3-11,14-18H2,1-2H3;2H,1,3H2/b19-12-,20-13+;. The lowest BCUT2D eigenvalue weighted by atomic mass is 9.62. The molecule has 0 bridgehead atoms. The number of carbonyl (C=O) groups is 1. The van der Waals surface area contributed by atoms with Crippen LogP contribution < -0.4 is 11.1 Å². The van der Waals surface area contributed by atoms with Gasteiger partial charge >= 0.3 is 0 Å². The lowest BCUT2D eigenvalue weighted by Gasteiger charge is -2.42. The molecule has 4 N–H and O–H groups in total. The van der Waals surface area contributed by atoms with Crippen LogP contribution >= 0.6 is 0 Å². The zero-order chi connectivity index (χ0) is 21.8. The first-order chi connectivity index (χ1) is 14.5. The van der Waals surface area contributed by atoms with Crippen LogP contribution in [0.15, 0.2) is 23.3 Å². The first-order valence-electron chi connectivity index (χ1n) is 12.4. The Bertz CT molecular complexity index is 571. The zero-order valence-electron chi connectivity index (χ0n) is 19.5. The van der Waals surface area contributed by atoms with E-state index in [1.54, 1.807) is 5.57 Å². The van der Waals surface area contributed by atoms with Crippen LogP contribution in [-0.4, -0.2) is 37.6 Å². The molecule has 3 rings (SSSR count). The molecule has 0 heterocycles. The maximum Gasteiger partial charge on any atom is 0.133 e. The van der Waals surface area contributed by atoms with Crippen LogP contribution in [0.3, 0.4) is 0 Å². The summed E-state index contributed by atoms with van der Waals surface area (Å²) in [5.41, 5.74) is 8.41. The molecule has 3 aliphatic rings. The molecule has 30 heavy (non-hydrogen) atoms. The number of aldehydes is 1. The van der Waals surface area contributed by atoms with Gasteiger partial charge in [0.1, 0.15) is 6.29 Å².